The van der Waals surface area contributed by atoms with E-state index in [0.29, 0.717) is 12.4 Å². The molecule has 7 nitrogen and oxygen atoms in total. The average Bonchev–Trinajstić information content (AvgIpc) is 3.01. The molecule has 0 spiro atoms. The van der Waals surface area contributed by atoms with Crippen LogP contribution in [0.2, 0.25) is 0 Å². The molecule has 3 rings (SSSR count). The average molecular weight is 268 g/mol. The maximum absolute atomic E-state index is 9.18. The first-order valence-electron chi connectivity index (χ1n) is 6.03. The van der Waals surface area contributed by atoms with Gasteiger partial charge in [0.2, 0.25) is 5.82 Å². The molecular formula is C13H12N6O. The number of tetrazole rings is 1. The van der Waals surface area contributed by atoms with Gasteiger partial charge in [0, 0.05) is 11.3 Å². The van der Waals surface area contributed by atoms with Crippen LogP contribution >= 0.6 is 0 Å². The Morgan fingerprint density at radius 2 is 2.15 bits per heavy atom. The molecule has 0 saturated heterocycles. The number of nitrogens with one attached hydrogen (secondary N) is 2. The van der Waals surface area contributed by atoms with Crippen molar-refractivity contribution in [1.29, 1.82) is 0 Å². The highest BCUT2D eigenvalue weighted by Gasteiger charge is 2.03. The van der Waals surface area contributed by atoms with E-state index in [2.05, 4.69) is 30.9 Å². The molecule has 1 aromatic carbocycles. The molecule has 2 heterocycles. The highest BCUT2D eigenvalue weighted by atomic mass is 16.3. The molecule has 0 bridgehead atoms. The Labute approximate surface area is 114 Å². The van der Waals surface area contributed by atoms with Crippen LogP contribution in [0.25, 0.3) is 11.4 Å². The second-order valence-electron chi connectivity index (χ2n) is 4.18. The lowest BCUT2D eigenvalue weighted by molar-refractivity contribution is 0.472. The molecule has 0 radical (unpaired) electrons. The molecule has 3 aromatic rings. The lowest BCUT2D eigenvalue weighted by Gasteiger charge is -2.06. The molecule has 100 valence electrons. The molecule has 0 fully saturated rings. The van der Waals surface area contributed by atoms with Gasteiger partial charge < -0.3 is 10.4 Å². The fourth-order valence-electron chi connectivity index (χ4n) is 1.77. The Kier molecular flexibility index (Phi) is 3.24. The Morgan fingerprint density at radius 1 is 1.20 bits per heavy atom. The molecule has 0 atom stereocenters. The summed E-state index contributed by atoms with van der Waals surface area (Å²) in [5.41, 5.74) is 2.65. The molecular weight excluding hydrogens is 256 g/mol. The summed E-state index contributed by atoms with van der Waals surface area (Å²) in [6, 6.07) is 11.1. The van der Waals surface area contributed by atoms with Crippen molar-refractivity contribution >= 4 is 5.69 Å². The number of aromatic amines is 1. The SMILES string of the molecule is Oc1ccc(CNc2cccc(-c3nn[nH]n3)c2)nc1. The number of aromatic nitrogens is 5. The summed E-state index contributed by atoms with van der Waals surface area (Å²) >= 11 is 0. The Balaban J connectivity index is 1.72. The van der Waals surface area contributed by atoms with Crippen LogP contribution in [0.1, 0.15) is 5.69 Å². The van der Waals surface area contributed by atoms with Gasteiger partial charge >= 0.3 is 0 Å². The standard InChI is InChI=1S/C13H12N6O/c20-12-5-4-11(15-8-12)7-14-10-3-1-2-9(6-10)13-16-18-19-17-13/h1-6,8,14,20H,7H2,(H,16,17,18,19). The molecule has 0 aliphatic heterocycles. The van der Waals surface area contributed by atoms with Crippen LogP contribution in [-0.4, -0.2) is 30.7 Å². The number of pyridine rings is 1. The zero-order chi connectivity index (χ0) is 13.8. The number of H-pyrrole nitrogens is 1. The van der Waals surface area contributed by atoms with Gasteiger partial charge in [-0.15, -0.1) is 10.2 Å². The summed E-state index contributed by atoms with van der Waals surface area (Å²) in [5, 5.41) is 26.3. The number of hydrogen-bond acceptors (Lipinski definition) is 6. The van der Waals surface area contributed by atoms with Gasteiger partial charge in [-0.3, -0.25) is 4.98 Å². The fourth-order valence-corrected chi connectivity index (χ4v) is 1.77. The molecule has 0 amide bonds. The molecule has 20 heavy (non-hydrogen) atoms. The largest absolute Gasteiger partial charge is 0.506 e. The summed E-state index contributed by atoms with van der Waals surface area (Å²) < 4.78 is 0. The van der Waals surface area contributed by atoms with Crippen LogP contribution in [0.5, 0.6) is 5.75 Å². The maximum atomic E-state index is 9.18. The molecule has 0 aliphatic rings. The van der Waals surface area contributed by atoms with E-state index < -0.39 is 0 Å². The highest BCUT2D eigenvalue weighted by molar-refractivity contribution is 5.61. The zero-order valence-electron chi connectivity index (χ0n) is 10.5. The molecule has 0 aliphatic carbocycles. The number of rotatable bonds is 4. The summed E-state index contributed by atoms with van der Waals surface area (Å²) in [6.07, 6.45) is 1.42. The third kappa shape index (κ3) is 2.72. The first-order valence-corrected chi connectivity index (χ1v) is 6.03. The van der Waals surface area contributed by atoms with E-state index in [9.17, 15) is 5.11 Å². The van der Waals surface area contributed by atoms with Gasteiger partial charge in [-0.1, -0.05) is 12.1 Å². The molecule has 2 aromatic heterocycles. The molecule has 0 unspecified atom stereocenters. The van der Waals surface area contributed by atoms with Gasteiger partial charge in [0.1, 0.15) is 5.75 Å². The van der Waals surface area contributed by atoms with Crippen LogP contribution < -0.4 is 5.32 Å². The van der Waals surface area contributed by atoms with Gasteiger partial charge in [0.15, 0.2) is 0 Å². The Morgan fingerprint density at radius 3 is 2.90 bits per heavy atom. The van der Waals surface area contributed by atoms with Crippen molar-refractivity contribution in [2.24, 2.45) is 0 Å². The zero-order valence-corrected chi connectivity index (χ0v) is 10.5. The van der Waals surface area contributed by atoms with Gasteiger partial charge in [0.25, 0.3) is 0 Å². The number of aromatic hydroxyl groups is 1. The van der Waals surface area contributed by atoms with E-state index >= 15 is 0 Å². The summed E-state index contributed by atoms with van der Waals surface area (Å²) in [5.74, 6) is 0.712. The van der Waals surface area contributed by atoms with Crippen LogP contribution in [0.15, 0.2) is 42.6 Å². The third-order valence-electron chi connectivity index (χ3n) is 2.75. The van der Waals surface area contributed by atoms with Gasteiger partial charge in [-0.25, -0.2) is 0 Å². The lowest BCUT2D eigenvalue weighted by atomic mass is 10.2. The van der Waals surface area contributed by atoms with Crippen molar-refractivity contribution in [1.82, 2.24) is 25.6 Å². The summed E-state index contributed by atoms with van der Waals surface area (Å²) in [6.45, 7) is 0.565. The minimum Gasteiger partial charge on any atom is -0.506 e. The Bertz CT molecular complexity index is 680. The van der Waals surface area contributed by atoms with E-state index in [1.165, 1.54) is 6.20 Å². The monoisotopic (exact) mass is 268 g/mol. The van der Waals surface area contributed by atoms with E-state index in [0.717, 1.165) is 16.9 Å². The second kappa shape index (κ2) is 5.35. The molecule has 3 N–H and O–H groups in total. The fraction of sp³-hybridized carbons (Fsp3) is 0.0769. The first-order chi connectivity index (χ1) is 9.81. The van der Waals surface area contributed by atoms with Crippen molar-refractivity contribution in [3.63, 3.8) is 0 Å². The maximum Gasteiger partial charge on any atom is 0.204 e. The predicted octanol–water partition coefficient (Wildman–Crippen LogP) is 1.58. The van der Waals surface area contributed by atoms with Gasteiger partial charge in [-0.05, 0) is 29.5 Å². The lowest BCUT2D eigenvalue weighted by Crippen LogP contribution is -2.01. The van der Waals surface area contributed by atoms with Gasteiger partial charge in [-0.2, -0.15) is 5.21 Å². The topological polar surface area (TPSA) is 99.6 Å². The van der Waals surface area contributed by atoms with E-state index in [4.69, 9.17) is 0 Å². The van der Waals surface area contributed by atoms with Crippen LogP contribution in [0, 0.1) is 0 Å². The second-order valence-corrected chi connectivity index (χ2v) is 4.18. The number of nitrogens with zero attached hydrogens (tertiary/aromatic N) is 4. The van der Waals surface area contributed by atoms with Crippen LogP contribution in [-0.2, 0) is 6.54 Å². The summed E-state index contributed by atoms with van der Waals surface area (Å²) in [4.78, 5) is 4.11. The molecule has 7 heteroatoms. The van der Waals surface area contributed by atoms with Crippen molar-refractivity contribution in [2.45, 2.75) is 6.54 Å². The van der Waals surface area contributed by atoms with Crippen molar-refractivity contribution in [3.05, 3.63) is 48.3 Å². The van der Waals surface area contributed by atoms with E-state index in [1.807, 2.05) is 24.3 Å². The number of anilines is 1. The van der Waals surface area contributed by atoms with Crippen LogP contribution in [0.3, 0.4) is 0 Å². The Hall–Kier alpha value is -2.96. The third-order valence-corrected chi connectivity index (χ3v) is 2.75. The first kappa shape index (κ1) is 12.1. The van der Waals surface area contributed by atoms with Crippen LogP contribution in [0.4, 0.5) is 5.69 Å². The number of hydrogen-bond donors (Lipinski definition) is 3. The predicted molar refractivity (Wildman–Crippen MR) is 72.8 cm³/mol. The number of benzene rings is 1. The highest BCUT2D eigenvalue weighted by Crippen LogP contribution is 2.18. The van der Waals surface area contributed by atoms with E-state index in [1.54, 1.807) is 12.1 Å². The van der Waals surface area contributed by atoms with Crippen molar-refractivity contribution < 1.29 is 5.11 Å². The summed E-state index contributed by atoms with van der Waals surface area (Å²) in [7, 11) is 0. The normalized spacial score (nSPS) is 10.4. The minimum absolute atomic E-state index is 0.160. The van der Waals surface area contributed by atoms with E-state index in [-0.39, 0.29) is 5.75 Å². The minimum atomic E-state index is 0.160. The van der Waals surface area contributed by atoms with Gasteiger partial charge in [0.05, 0.1) is 18.4 Å². The van der Waals surface area contributed by atoms with Crippen molar-refractivity contribution in [3.8, 4) is 17.1 Å². The molecule has 0 saturated carbocycles. The quantitative estimate of drug-likeness (QED) is 0.664. The smallest absolute Gasteiger partial charge is 0.204 e. The van der Waals surface area contributed by atoms with Crippen molar-refractivity contribution in [2.75, 3.05) is 5.32 Å².